The molecule has 8 heavy (non-hydrogen) atoms. The van der Waals surface area contributed by atoms with Gasteiger partial charge in [-0.3, -0.25) is 0 Å². The first kappa shape index (κ1) is 6.15. The smallest absolute Gasteiger partial charge is 0.0656 e. The molecule has 0 amide bonds. The summed E-state index contributed by atoms with van der Waals surface area (Å²) in [5.41, 5.74) is 0. The van der Waals surface area contributed by atoms with Crippen LogP contribution in [-0.2, 0) is 4.74 Å². The van der Waals surface area contributed by atoms with E-state index in [9.17, 15) is 0 Å². The predicted molar refractivity (Wildman–Crippen MR) is 34.1 cm³/mol. The molecule has 0 aromatic carbocycles. The van der Waals surface area contributed by atoms with Crippen LogP contribution in [0.15, 0.2) is 0 Å². The molecule has 0 aromatic rings. The van der Waals surface area contributed by atoms with Crippen molar-refractivity contribution >= 4 is 7.85 Å². The molecule has 1 nitrogen and oxygen atoms in total. The molecule has 0 aliphatic carbocycles. The monoisotopic (exact) mass is 110 g/mol. The Labute approximate surface area is 51.8 Å². The van der Waals surface area contributed by atoms with Gasteiger partial charge in [0.25, 0.3) is 0 Å². The van der Waals surface area contributed by atoms with Crippen LogP contribution in [0.2, 0.25) is 6.32 Å². The summed E-state index contributed by atoms with van der Waals surface area (Å²) in [5.74, 6) is 0.740. The van der Waals surface area contributed by atoms with Crippen LogP contribution < -0.4 is 0 Å². The fourth-order valence-corrected chi connectivity index (χ4v) is 0.982. The lowest BCUT2D eigenvalue weighted by Crippen LogP contribution is -2.14. The Kier molecular flexibility index (Phi) is 2.41. The van der Waals surface area contributed by atoms with Crippen molar-refractivity contribution < 1.29 is 4.74 Å². The molecule has 1 fully saturated rings. The van der Waals surface area contributed by atoms with Crippen molar-refractivity contribution in [3.63, 3.8) is 0 Å². The third-order valence-electron chi connectivity index (χ3n) is 1.67. The van der Waals surface area contributed by atoms with Gasteiger partial charge in [0.15, 0.2) is 0 Å². The minimum atomic E-state index is 0.740. The average molecular weight is 110 g/mol. The predicted octanol–water partition coefficient (Wildman–Crippen LogP) is 1.000. The normalized spacial score (nSPS) is 23.5. The molecule has 0 unspecified atom stereocenters. The first-order valence-electron chi connectivity index (χ1n) is 3.21. The van der Waals surface area contributed by atoms with Crippen molar-refractivity contribution in [2.75, 3.05) is 13.2 Å². The van der Waals surface area contributed by atoms with Crippen LogP contribution in [0.3, 0.4) is 0 Å². The second kappa shape index (κ2) is 3.13. The molecule has 2 radical (unpaired) electrons. The quantitative estimate of drug-likeness (QED) is 0.457. The zero-order valence-electron chi connectivity index (χ0n) is 5.10. The van der Waals surface area contributed by atoms with Crippen LogP contribution in [0.1, 0.15) is 12.8 Å². The Hall–Kier alpha value is 0.0249. The van der Waals surface area contributed by atoms with Crippen LogP contribution in [0.5, 0.6) is 0 Å². The molecule has 1 saturated heterocycles. The van der Waals surface area contributed by atoms with Gasteiger partial charge in [0, 0.05) is 13.2 Å². The summed E-state index contributed by atoms with van der Waals surface area (Å²) < 4.78 is 5.15. The van der Waals surface area contributed by atoms with E-state index in [1.807, 2.05) is 0 Å². The molecule has 0 N–H and O–H groups in total. The van der Waals surface area contributed by atoms with Crippen molar-refractivity contribution in [3.05, 3.63) is 0 Å². The lowest BCUT2D eigenvalue weighted by molar-refractivity contribution is 0.0717. The lowest BCUT2D eigenvalue weighted by Gasteiger charge is -2.19. The summed E-state index contributed by atoms with van der Waals surface area (Å²) in [5, 5.41) is 0. The Balaban J connectivity index is 2.13. The van der Waals surface area contributed by atoms with Crippen LogP contribution in [0.25, 0.3) is 0 Å². The van der Waals surface area contributed by atoms with E-state index in [0.717, 1.165) is 38.3 Å². The minimum absolute atomic E-state index is 0.740. The molecule has 0 spiro atoms. The third kappa shape index (κ3) is 1.51. The molecule has 0 bridgehead atoms. The van der Waals surface area contributed by atoms with E-state index in [-0.39, 0.29) is 0 Å². The van der Waals surface area contributed by atoms with Gasteiger partial charge in [0.1, 0.15) is 0 Å². The van der Waals surface area contributed by atoms with Crippen LogP contribution in [0.4, 0.5) is 0 Å². The zero-order chi connectivity index (χ0) is 5.82. The van der Waals surface area contributed by atoms with Gasteiger partial charge < -0.3 is 4.74 Å². The van der Waals surface area contributed by atoms with Crippen molar-refractivity contribution in [2.24, 2.45) is 5.92 Å². The lowest BCUT2D eigenvalue weighted by atomic mass is 9.86. The molecular formula is C6H11BO. The second-order valence-electron chi connectivity index (χ2n) is 2.29. The molecule has 2 heteroatoms. The van der Waals surface area contributed by atoms with E-state index in [4.69, 9.17) is 12.6 Å². The molecule has 1 rings (SSSR count). The van der Waals surface area contributed by atoms with Crippen molar-refractivity contribution in [3.8, 4) is 0 Å². The maximum Gasteiger partial charge on any atom is 0.0656 e. The van der Waals surface area contributed by atoms with Crippen LogP contribution in [-0.4, -0.2) is 21.1 Å². The van der Waals surface area contributed by atoms with Gasteiger partial charge in [0.2, 0.25) is 0 Å². The molecular weight excluding hydrogens is 98.9 g/mol. The zero-order valence-corrected chi connectivity index (χ0v) is 5.10. The SMILES string of the molecule is [B]CC1CCOCC1. The summed E-state index contributed by atoms with van der Waals surface area (Å²) in [6.45, 7) is 1.84. The summed E-state index contributed by atoms with van der Waals surface area (Å²) in [6.07, 6.45) is 3.16. The summed E-state index contributed by atoms with van der Waals surface area (Å²) in [4.78, 5) is 0. The third-order valence-corrected chi connectivity index (χ3v) is 1.67. The fraction of sp³-hybridized carbons (Fsp3) is 1.00. The summed E-state index contributed by atoms with van der Waals surface area (Å²) in [6, 6.07) is 0. The topological polar surface area (TPSA) is 9.23 Å². The maximum atomic E-state index is 5.45. The number of rotatable bonds is 1. The Morgan fingerprint density at radius 2 is 2.00 bits per heavy atom. The van der Waals surface area contributed by atoms with E-state index in [0.29, 0.717) is 0 Å². The number of hydrogen-bond donors (Lipinski definition) is 0. The minimum Gasteiger partial charge on any atom is -0.381 e. The second-order valence-corrected chi connectivity index (χ2v) is 2.29. The van der Waals surface area contributed by atoms with Crippen molar-refractivity contribution in [1.29, 1.82) is 0 Å². The molecule has 0 aromatic heterocycles. The van der Waals surface area contributed by atoms with Gasteiger partial charge >= 0.3 is 0 Å². The van der Waals surface area contributed by atoms with Crippen molar-refractivity contribution in [2.45, 2.75) is 19.2 Å². The number of ether oxygens (including phenoxy) is 1. The average Bonchev–Trinajstić information content (AvgIpc) is 1.90. The number of hydrogen-bond acceptors (Lipinski definition) is 1. The summed E-state index contributed by atoms with van der Waals surface area (Å²) >= 11 is 0. The molecule has 44 valence electrons. The highest BCUT2D eigenvalue weighted by Gasteiger charge is 2.09. The Morgan fingerprint density at radius 3 is 2.38 bits per heavy atom. The Morgan fingerprint density at radius 1 is 1.38 bits per heavy atom. The van der Waals surface area contributed by atoms with Gasteiger partial charge in [0.05, 0.1) is 7.85 Å². The Bertz CT molecular complexity index is 59.5. The van der Waals surface area contributed by atoms with Gasteiger partial charge in [-0.2, -0.15) is 0 Å². The highest BCUT2D eigenvalue weighted by molar-refractivity contribution is 6.08. The highest BCUT2D eigenvalue weighted by atomic mass is 16.5. The standard InChI is InChI=1S/C6H11BO/c7-5-6-1-3-8-4-2-6/h6H,1-5H2. The van der Waals surface area contributed by atoms with E-state index in [1.54, 1.807) is 0 Å². The fourth-order valence-electron chi connectivity index (χ4n) is 0.982. The van der Waals surface area contributed by atoms with E-state index >= 15 is 0 Å². The largest absolute Gasteiger partial charge is 0.381 e. The van der Waals surface area contributed by atoms with Gasteiger partial charge in [-0.15, -0.1) is 0 Å². The van der Waals surface area contributed by atoms with E-state index < -0.39 is 0 Å². The molecule has 1 aliphatic rings. The highest BCUT2D eigenvalue weighted by Crippen LogP contribution is 2.16. The van der Waals surface area contributed by atoms with E-state index in [2.05, 4.69) is 0 Å². The van der Waals surface area contributed by atoms with Crippen molar-refractivity contribution in [1.82, 2.24) is 0 Å². The first-order valence-corrected chi connectivity index (χ1v) is 3.21. The molecule has 1 heterocycles. The molecule has 1 aliphatic heterocycles. The molecule has 0 saturated carbocycles. The van der Waals surface area contributed by atoms with Gasteiger partial charge in [-0.25, -0.2) is 0 Å². The van der Waals surface area contributed by atoms with Gasteiger partial charge in [-0.05, 0) is 18.8 Å². The van der Waals surface area contributed by atoms with Crippen LogP contribution in [0, 0.1) is 5.92 Å². The van der Waals surface area contributed by atoms with Crippen LogP contribution >= 0.6 is 0 Å². The van der Waals surface area contributed by atoms with E-state index in [1.165, 1.54) is 0 Å². The first-order chi connectivity index (χ1) is 3.93. The summed E-state index contributed by atoms with van der Waals surface area (Å²) in [7, 11) is 5.45. The van der Waals surface area contributed by atoms with Gasteiger partial charge in [-0.1, -0.05) is 6.32 Å². The molecule has 0 atom stereocenters. The maximum absolute atomic E-state index is 5.45.